The third kappa shape index (κ3) is 5.47. The Morgan fingerprint density at radius 1 is 1.00 bits per heavy atom. The van der Waals surface area contributed by atoms with Gasteiger partial charge in [-0.05, 0) is 110 Å². The summed E-state index contributed by atoms with van der Waals surface area (Å²) in [4.78, 5) is 12.5. The Morgan fingerprint density at radius 3 is 2.39 bits per heavy atom. The summed E-state index contributed by atoms with van der Waals surface area (Å²) in [6.07, 6.45) is 8.28. The van der Waals surface area contributed by atoms with Gasteiger partial charge in [0.1, 0.15) is 0 Å². The molecule has 2 amide bonds. The Labute approximate surface area is 247 Å². The number of aliphatic hydroxyl groups is 3. The molecular weight excluding hydrogens is 542 g/mol. The van der Waals surface area contributed by atoms with Gasteiger partial charge < -0.3 is 20.6 Å². The van der Waals surface area contributed by atoms with Crippen LogP contribution in [-0.4, -0.2) is 72.0 Å². The summed E-state index contributed by atoms with van der Waals surface area (Å²) in [7, 11) is -3.82. The van der Waals surface area contributed by atoms with E-state index in [1.807, 2.05) is 0 Å². The van der Waals surface area contributed by atoms with E-state index in [-0.39, 0.29) is 58.4 Å². The molecule has 0 aromatic rings. The van der Waals surface area contributed by atoms with Gasteiger partial charge in [-0.15, -0.1) is 0 Å². The second-order valence-electron chi connectivity index (χ2n) is 14.8. The molecule has 5 aliphatic rings. The van der Waals surface area contributed by atoms with Gasteiger partial charge in [-0.25, -0.2) is 9.52 Å². The fourth-order valence-electron chi connectivity index (χ4n) is 10.8. The molecule has 0 spiro atoms. The predicted molar refractivity (Wildman–Crippen MR) is 158 cm³/mol. The first kappa shape index (κ1) is 31.5. The highest BCUT2D eigenvalue weighted by Crippen LogP contribution is 2.69. The number of hydrogen-bond donors (Lipinski definition) is 5. The standard InChI is InChI=1S/C31H55N3O6S/c1-5-21-24-17-20(35)11-13-30(24,3)25-18-26(36)31(4)22(9-10-23(31)27(25)28(21)37)19(2)12-14-32-29(38)33-41(39,40)34-15-7-6-8-16-34/h19-28,35-37H,5-18H2,1-4H3,(H2,32,33,38)/t19-,20-,21-,22-,23+,24+,25+,26+,27+,28-,30+,31-/m1/s1. The Kier molecular flexibility index (Phi) is 9.11. The minimum atomic E-state index is -3.82. The predicted octanol–water partition coefficient (Wildman–Crippen LogP) is 3.64. The van der Waals surface area contributed by atoms with Gasteiger partial charge in [0.25, 0.3) is 0 Å². The highest BCUT2D eigenvalue weighted by Gasteiger charge is 2.67. The summed E-state index contributed by atoms with van der Waals surface area (Å²) in [6, 6.07) is -0.685. The lowest BCUT2D eigenvalue weighted by Gasteiger charge is -2.65. The van der Waals surface area contributed by atoms with Crippen LogP contribution in [-0.2, 0) is 10.2 Å². The van der Waals surface area contributed by atoms with E-state index in [0.717, 1.165) is 57.8 Å². The van der Waals surface area contributed by atoms with Gasteiger partial charge in [0.05, 0.1) is 18.3 Å². The molecule has 5 N–H and O–H groups in total. The largest absolute Gasteiger partial charge is 0.393 e. The van der Waals surface area contributed by atoms with E-state index in [9.17, 15) is 28.5 Å². The van der Waals surface area contributed by atoms with Crippen LogP contribution in [0.3, 0.4) is 0 Å². The van der Waals surface area contributed by atoms with Crippen molar-refractivity contribution in [1.82, 2.24) is 14.3 Å². The fraction of sp³-hybridized carbons (Fsp3) is 0.968. The first-order chi connectivity index (χ1) is 19.3. The van der Waals surface area contributed by atoms with Crippen LogP contribution in [0, 0.1) is 52.3 Å². The maximum absolute atomic E-state index is 12.5. The number of piperidine rings is 1. The molecule has 1 aliphatic heterocycles. The fourth-order valence-corrected chi connectivity index (χ4v) is 12.0. The number of nitrogens with one attached hydrogen (secondary N) is 2. The molecule has 10 heteroatoms. The van der Waals surface area contributed by atoms with Crippen LogP contribution >= 0.6 is 0 Å². The summed E-state index contributed by atoms with van der Waals surface area (Å²) in [5.74, 6) is 1.61. The number of rotatable bonds is 7. The molecule has 0 aromatic heterocycles. The molecule has 236 valence electrons. The number of hydrogen-bond acceptors (Lipinski definition) is 6. The molecule has 5 rings (SSSR count). The quantitative estimate of drug-likeness (QED) is 0.304. The van der Waals surface area contributed by atoms with E-state index in [4.69, 9.17) is 0 Å². The molecule has 5 fully saturated rings. The van der Waals surface area contributed by atoms with Gasteiger partial charge in [-0.1, -0.05) is 40.5 Å². The number of fused-ring (bicyclic) bond motifs is 5. The smallest absolute Gasteiger partial charge is 0.329 e. The summed E-state index contributed by atoms with van der Waals surface area (Å²) in [6.45, 7) is 10.2. The summed E-state index contributed by atoms with van der Waals surface area (Å²) in [5.41, 5.74) is -0.279. The van der Waals surface area contributed by atoms with Crippen molar-refractivity contribution in [3.63, 3.8) is 0 Å². The van der Waals surface area contributed by atoms with Crippen LogP contribution in [0.2, 0.25) is 0 Å². The molecule has 0 radical (unpaired) electrons. The summed E-state index contributed by atoms with van der Waals surface area (Å²) >= 11 is 0. The highest BCUT2D eigenvalue weighted by atomic mass is 32.2. The Hall–Kier alpha value is -0.940. The minimum Gasteiger partial charge on any atom is -0.393 e. The summed E-state index contributed by atoms with van der Waals surface area (Å²) < 4.78 is 28.6. The normalized spacial score (nSPS) is 45.7. The second kappa shape index (κ2) is 11.9. The van der Waals surface area contributed by atoms with Crippen LogP contribution in [0.1, 0.15) is 98.3 Å². The molecule has 9 nitrogen and oxygen atoms in total. The maximum Gasteiger partial charge on any atom is 0.329 e. The van der Waals surface area contributed by atoms with Gasteiger partial charge >= 0.3 is 16.2 Å². The van der Waals surface area contributed by atoms with E-state index in [2.05, 4.69) is 37.7 Å². The molecule has 41 heavy (non-hydrogen) atoms. The van der Waals surface area contributed by atoms with Crippen molar-refractivity contribution in [2.45, 2.75) is 117 Å². The minimum absolute atomic E-state index is 0.0294. The average molecular weight is 598 g/mol. The SMILES string of the molecule is CC[C@H]1[C@@H](O)[C@@H]2[C@H](C[C@H](O)[C@]3(C)[C@@H]([C@H](C)CCNC(=O)NS(=O)(=O)N4CCCCC4)CC[C@@H]23)[C@@]2(C)CC[C@@H](O)C[C@@H]12. The Morgan fingerprint density at radius 2 is 1.71 bits per heavy atom. The topological polar surface area (TPSA) is 139 Å². The van der Waals surface area contributed by atoms with Crippen molar-refractivity contribution < 1.29 is 28.5 Å². The van der Waals surface area contributed by atoms with Crippen molar-refractivity contribution in [3.8, 4) is 0 Å². The zero-order valence-corrected chi connectivity index (χ0v) is 26.4. The molecule has 4 saturated carbocycles. The van der Waals surface area contributed by atoms with Gasteiger partial charge in [0.2, 0.25) is 0 Å². The number of urea groups is 1. The second-order valence-corrected chi connectivity index (χ2v) is 16.5. The molecule has 0 bridgehead atoms. The Balaban J connectivity index is 1.24. The van der Waals surface area contributed by atoms with Crippen LogP contribution in [0.4, 0.5) is 4.79 Å². The zero-order valence-electron chi connectivity index (χ0n) is 25.6. The molecule has 1 saturated heterocycles. The number of carbonyl (C=O) groups is 1. The van der Waals surface area contributed by atoms with Crippen molar-refractivity contribution in [2.24, 2.45) is 52.3 Å². The van der Waals surface area contributed by atoms with Gasteiger partial charge in [-0.2, -0.15) is 12.7 Å². The van der Waals surface area contributed by atoms with Crippen LogP contribution in [0.15, 0.2) is 0 Å². The van der Waals surface area contributed by atoms with Crippen molar-refractivity contribution in [2.75, 3.05) is 19.6 Å². The van der Waals surface area contributed by atoms with Crippen molar-refractivity contribution >= 4 is 16.2 Å². The lowest BCUT2D eigenvalue weighted by Crippen LogP contribution is -2.65. The number of nitrogens with zero attached hydrogens (tertiary/aromatic N) is 1. The van der Waals surface area contributed by atoms with Gasteiger partial charge in [0, 0.05) is 19.6 Å². The third-order valence-electron chi connectivity index (χ3n) is 13.0. The number of amides is 2. The molecule has 12 atom stereocenters. The highest BCUT2D eigenvalue weighted by molar-refractivity contribution is 7.87. The van der Waals surface area contributed by atoms with Crippen LogP contribution in [0.25, 0.3) is 0 Å². The molecule has 0 aromatic carbocycles. The molecule has 0 unspecified atom stereocenters. The first-order valence-corrected chi connectivity index (χ1v) is 17.9. The maximum atomic E-state index is 12.5. The Bertz CT molecular complexity index is 1050. The van der Waals surface area contributed by atoms with Crippen LogP contribution < -0.4 is 10.0 Å². The van der Waals surface area contributed by atoms with E-state index >= 15 is 0 Å². The van der Waals surface area contributed by atoms with Gasteiger partial charge in [0.15, 0.2) is 0 Å². The monoisotopic (exact) mass is 597 g/mol. The molecular formula is C31H55N3O6S. The van der Waals surface area contributed by atoms with Gasteiger partial charge in [-0.3, -0.25) is 0 Å². The van der Waals surface area contributed by atoms with Crippen LogP contribution in [0.5, 0.6) is 0 Å². The summed E-state index contributed by atoms with van der Waals surface area (Å²) in [5, 5.41) is 37.0. The van der Waals surface area contributed by atoms with E-state index in [1.54, 1.807) is 0 Å². The zero-order chi connectivity index (χ0) is 29.7. The number of carbonyl (C=O) groups excluding carboxylic acids is 1. The van der Waals surface area contributed by atoms with E-state index in [1.165, 1.54) is 4.31 Å². The third-order valence-corrected chi connectivity index (χ3v) is 14.5. The lowest BCUT2D eigenvalue weighted by molar-refractivity contribution is -0.228. The van der Waals surface area contributed by atoms with Crippen molar-refractivity contribution in [1.29, 1.82) is 0 Å². The number of aliphatic hydroxyl groups excluding tert-OH is 3. The van der Waals surface area contributed by atoms with E-state index < -0.39 is 28.4 Å². The molecule has 4 aliphatic carbocycles. The molecule has 1 heterocycles. The van der Waals surface area contributed by atoms with Crippen molar-refractivity contribution in [3.05, 3.63) is 0 Å². The average Bonchev–Trinajstić information content (AvgIpc) is 3.29. The lowest BCUT2D eigenvalue weighted by atomic mass is 9.41. The first-order valence-electron chi connectivity index (χ1n) is 16.4. The van der Waals surface area contributed by atoms with E-state index in [0.29, 0.717) is 32.5 Å².